The zero-order valence-electron chi connectivity index (χ0n) is 14.2. The summed E-state index contributed by atoms with van der Waals surface area (Å²) in [6.07, 6.45) is 0. The minimum atomic E-state index is -0.917. The first kappa shape index (κ1) is 19.7. The average Bonchev–Trinajstić information content (AvgIpc) is 3.03. The number of benzene rings is 1. The Kier molecular flexibility index (Phi) is 6.37. The normalized spacial score (nSPS) is 12.4. The van der Waals surface area contributed by atoms with E-state index < -0.39 is 17.7 Å². The number of hydrogen-bond acceptors (Lipinski definition) is 8. The Balaban J connectivity index is 1.89. The molecular formula is C16H16F2N4O3S2. The fourth-order valence-electron chi connectivity index (χ4n) is 2.33. The van der Waals surface area contributed by atoms with E-state index in [1.165, 1.54) is 19.2 Å². The lowest BCUT2D eigenvalue weighted by Gasteiger charge is -2.16. The summed E-state index contributed by atoms with van der Waals surface area (Å²) in [6, 6.07) is 3.53. The second-order valence-corrected chi connectivity index (χ2v) is 7.45. The van der Waals surface area contributed by atoms with Crippen LogP contribution < -0.4 is 10.2 Å². The van der Waals surface area contributed by atoms with Crippen molar-refractivity contribution in [1.29, 1.82) is 0 Å². The van der Waals surface area contributed by atoms with Gasteiger partial charge in [0.2, 0.25) is 0 Å². The van der Waals surface area contributed by atoms with Crippen LogP contribution in [0.25, 0.3) is 10.3 Å². The molecule has 0 spiro atoms. The lowest BCUT2D eigenvalue weighted by Crippen LogP contribution is -2.29. The van der Waals surface area contributed by atoms with E-state index in [1.54, 1.807) is 0 Å². The first-order valence-corrected chi connectivity index (χ1v) is 9.65. The molecule has 7 nitrogen and oxygen atoms in total. The number of H-pyrrole nitrogens is 1. The van der Waals surface area contributed by atoms with Gasteiger partial charge in [0.1, 0.15) is 4.70 Å². The summed E-state index contributed by atoms with van der Waals surface area (Å²) >= 11 is 2.04. The summed E-state index contributed by atoms with van der Waals surface area (Å²) in [7, 11) is 1.50. The Labute approximate surface area is 160 Å². The Hall–Kier alpha value is -2.08. The number of nitrogens with zero attached hydrogens (tertiary/aromatic N) is 2. The smallest absolute Gasteiger partial charge is 0.306 e. The predicted octanol–water partition coefficient (Wildman–Crippen LogP) is 2.37. The molecule has 1 unspecified atom stereocenters. The fourth-order valence-corrected chi connectivity index (χ4v) is 3.87. The number of hydrogen-bond donors (Lipinski definition) is 3. The summed E-state index contributed by atoms with van der Waals surface area (Å²) in [5.74, 6) is -1.35. The first-order chi connectivity index (χ1) is 13.0. The highest BCUT2D eigenvalue weighted by atomic mass is 32.2. The molecule has 0 radical (unpaired) electrons. The second-order valence-electron chi connectivity index (χ2n) is 5.53. The highest BCUT2D eigenvalue weighted by Crippen LogP contribution is 2.28. The van der Waals surface area contributed by atoms with Crippen LogP contribution in [0.1, 0.15) is 5.56 Å². The Bertz CT molecular complexity index is 995. The van der Waals surface area contributed by atoms with Crippen molar-refractivity contribution in [2.45, 2.75) is 17.0 Å². The molecule has 11 heteroatoms. The molecule has 0 fully saturated rings. The van der Waals surface area contributed by atoms with Crippen LogP contribution in [0.2, 0.25) is 0 Å². The molecule has 3 aromatic rings. The van der Waals surface area contributed by atoms with E-state index in [9.17, 15) is 18.7 Å². The molecule has 0 saturated carbocycles. The van der Waals surface area contributed by atoms with Crippen LogP contribution in [0.3, 0.4) is 0 Å². The van der Waals surface area contributed by atoms with E-state index in [0.29, 0.717) is 16.2 Å². The monoisotopic (exact) mass is 414 g/mol. The number of anilines is 1. The predicted molar refractivity (Wildman–Crippen MR) is 100 cm³/mol. The van der Waals surface area contributed by atoms with Gasteiger partial charge in [-0.25, -0.2) is 18.7 Å². The van der Waals surface area contributed by atoms with Gasteiger partial charge in [-0.15, -0.1) is 0 Å². The number of methoxy groups -OCH3 is 1. The number of ether oxygens (including phenoxy) is 1. The van der Waals surface area contributed by atoms with E-state index in [0.717, 1.165) is 29.2 Å². The van der Waals surface area contributed by atoms with Gasteiger partial charge < -0.3 is 15.2 Å². The van der Waals surface area contributed by atoms with Crippen molar-refractivity contribution in [3.05, 3.63) is 45.1 Å². The summed E-state index contributed by atoms with van der Waals surface area (Å²) in [4.78, 5) is 22.6. The number of thiazole rings is 1. The molecule has 0 amide bonds. The fraction of sp³-hybridized carbons (Fsp3) is 0.312. The van der Waals surface area contributed by atoms with Gasteiger partial charge in [-0.1, -0.05) is 35.2 Å². The lowest BCUT2D eigenvalue weighted by molar-refractivity contribution is 0.153. The summed E-state index contributed by atoms with van der Waals surface area (Å²) in [5.41, 5.74) is 0.517. The van der Waals surface area contributed by atoms with E-state index in [2.05, 4.69) is 20.3 Å². The van der Waals surface area contributed by atoms with Crippen LogP contribution in [-0.4, -0.2) is 46.4 Å². The first-order valence-electron chi connectivity index (χ1n) is 7.84. The van der Waals surface area contributed by atoms with Crippen LogP contribution in [0.15, 0.2) is 28.2 Å². The molecule has 0 bridgehead atoms. The van der Waals surface area contributed by atoms with Gasteiger partial charge in [-0.3, -0.25) is 9.78 Å². The highest BCUT2D eigenvalue weighted by molar-refractivity contribution is 7.98. The van der Waals surface area contributed by atoms with Crippen LogP contribution in [0.5, 0.6) is 0 Å². The van der Waals surface area contributed by atoms with E-state index in [4.69, 9.17) is 4.74 Å². The van der Waals surface area contributed by atoms with Gasteiger partial charge in [-0.05, 0) is 6.07 Å². The van der Waals surface area contributed by atoms with Gasteiger partial charge >= 0.3 is 4.87 Å². The molecule has 2 aromatic heterocycles. The highest BCUT2D eigenvalue weighted by Gasteiger charge is 2.16. The van der Waals surface area contributed by atoms with E-state index in [1.807, 2.05) is 0 Å². The number of aliphatic hydroxyl groups is 1. The third-order valence-electron chi connectivity index (χ3n) is 3.58. The lowest BCUT2D eigenvalue weighted by atomic mass is 10.2. The molecular weight excluding hydrogens is 398 g/mol. The van der Waals surface area contributed by atoms with Crippen LogP contribution in [-0.2, 0) is 10.5 Å². The van der Waals surface area contributed by atoms with Crippen molar-refractivity contribution in [3.8, 4) is 0 Å². The average molecular weight is 414 g/mol. The van der Waals surface area contributed by atoms with Crippen molar-refractivity contribution in [1.82, 2.24) is 15.0 Å². The van der Waals surface area contributed by atoms with E-state index in [-0.39, 0.29) is 34.6 Å². The van der Waals surface area contributed by atoms with Crippen molar-refractivity contribution in [3.63, 3.8) is 0 Å². The van der Waals surface area contributed by atoms with Crippen LogP contribution >= 0.6 is 23.1 Å². The minimum absolute atomic E-state index is 0.115. The third-order valence-corrected chi connectivity index (χ3v) is 5.35. The van der Waals surface area contributed by atoms with Gasteiger partial charge in [0.05, 0.1) is 19.3 Å². The maximum Gasteiger partial charge on any atom is 0.306 e. The third kappa shape index (κ3) is 4.61. The molecule has 0 aliphatic carbocycles. The van der Waals surface area contributed by atoms with Gasteiger partial charge in [-0.2, -0.15) is 0 Å². The molecule has 144 valence electrons. The minimum Gasteiger partial charge on any atom is -0.394 e. The van der Waals surface area contributed by atoms with E-state index >= 15 is 0 Å². The molecule has 1 aromatic carbocycles. The molecule has 0 saturated heterocycles. The molecule has 3 rings (SSSR count). The molecule has 27 heavy (non-hydrogen) atoms. The molecule has 3 N–H and O–H groups in total. The van der Waals surface area contributed by atoms with Gasteiger partial charge in [0, 0.05) is 18.4 Å². The number of fused-ring (bicyclic) bond motifs is 1. The van der Waals surface area contributed by atoms with Crippen LogP contribution in [0, 0.1) is 11.6 Å². The molecule has 2 heterocycles. The number of nitrogens with one attached hydrogen (secondary N) is 2. The maximum absolute atomic E-state index is 13.8. The van der Waals surface area contributed by atoms with Gasteiger partial charge in [0.15, 0.2) is 28.3 Å². The number of thioether (sulfide) groups is 1. The Morgan fingerprint density at radius 1 is 1.41 bits per heavy atom. The van der Waals surface area contributed by atoms with Crippen molar-refractivity contribution in [2.75, 3.05) is 25.6 Å². The zero-order valence-corrected chi connectivity index (χ0v) is 15.8. The Morgan fingerprint density at radius 3 is 2.96 bits per heavy atom. The van der Waals surface area contributed by atoms with Crippen LogP contribution in [0.4, 0.5) is 14.6 Å². The zero-order chi connectivity index (χ0) is 19.4. The second kappa shape index (κ2) is 8.74. The summed E-state index contributed by atoms with van der Waals surface area (Å²) in [6.45, 7) is 0.0356. The number of aromatic amines is 1. The van der Waals surface area contributed by atoms with Crippen molar-refractivity contribution < 1.29 is 18.6 Å². The number of aliphatic hydroxyl groups excluding tert-OH is 1. The Morgan fingerprint density at radius 2 is 2.22 bits per heavy atom. The molecule has 0 aliphatic heterocycles. The summed E-state index contributed by atoms with van der Waals surface area (Å²) < 4.78 is 32.7. The number of aromatic nitrogens is 3. The largest absolute Gasteiger partial charge is 0.394 e. The van der Waals surface area contributed by atoms with Gasteiger partial charge in [0.25, 0.3) is 0 Å². The van der Waals surface area contributed by atoms with Crippen molar-refractivity contribution >= 4 is 39.3 Å². The topological polar surface area (TPSA) is 100 Å². The number of halogens is 2. The quantitative estimate of drug-likeness (QED) is 0.384. The standard InChI is InChI=1S/C16H16F2N4O3S2/c1-25-6-9(5-23)19-13-12-14(22-16(24)27-12)21-15(20-13)26-7-8-3-2-4-10(17)11(8)18/h2-4,9,23H,5-7H2,1H3,(H2,19,20,21,22,24). The number of rotatable bonds is 8. The maximum atomic E-state index is 13.8. The SMILES string of the molecule is COCC(CO)Nc1nc(SCc2cccc(F)c2F)nc2[nH]c(=O)sc12. The molecule has 0 aliphatic rings. The summed E-state index contributed by atoms with van der Waals surface area (Å²) in [5, 5.41) is 12.7. The molecule has 1 atom stereocenters. The van der Waals surface area contributed by atoms with Crippen molar-refractivity contribution in [2.24, 2.45) is 0 Å².